The fourth-order valence-electron chi connectivity index (χ4n) is 1.62. The van der Waals surface area contributed by atoms with Crippen molar-refractivity contribution in [3.63, 3.8) is 0 Å². The first-order valence-corrected chi connectivity index (χ1v) is 6.77. The summed E-state index contributed by atoms with van der Waals surface area (Å²) in [6.07, 6.45) is 8.47. The Morgan fingerprint density at radius 2 is 2.36 bits per heavy atom. The topological polar surface area (TPSA) is 24.9 Å². The minimum absolute atomic E-state index is 0.626. The Morgan fingerprint density at radius 1 is 1.50 bits per heavy atom. The van der Waals surface area contributed by atoms with Crippen LogP contribution in [0.1, 0.15) is 12.8 Å². The van der Waals surface area contributed by atoms with E-state index in [0.29, 0.717) is 6.04 Å². The summed E-state index contributed by atoms with van der Waals surface area (Å²) >= 11 is 5.36. The predicted octanol–water partition coefficient (Wildman–Crippen LogP) is 3.15. The summed E-state index contributed by atoms with van der Waals surface area (Å²) in [6.45, 7) is 0. The Bertz CT molecular complexity index is 317. The molecule has 76 valence electrons. The molecule has 0 bridgehead atoms. The number of thioether (sulfide) groups is 1. The zero-order valence-electron chi connectivity index (χ0n) is 8.03. The molecule has 1 N–H and O–H groups in total. The van der Waals surface area contributed by atoms with E-state index >= 15 is 0 Å². The van der Waals surface area contributed by atoms with Crippen LogP contribution in [0.15, 0.2) is 22.9 Å². The van der Waals surface area contributed by atoms with Crippen LogP contribution in [0, 0.1) is 0 Å². The summed E-state index contributed by atoms with van der Waals surface area (Å²) in [4.78, 5) is 4.13. The number of hydrogen-bond donors (Lipinski definition) is 1. The molecule has 14 heavy (non-hydrogen) atoms. The first-order chi connectivity index (χ1) is 6.79. The molecular formula is C10H13BrN2S. The van der Waals surface area contributed by atoms with Gasteiger partial charge in [0.2, 0.25) is 0 Å². The van der Waals surface area contributed by atoms with Gasteiger partial charge in [0.15, 0.2) is 0 Å². The summed E-state index contributed by atoms with van der Waals surface area (Å²) in [5.41, 5.74) is 1.11. The van der Waals surface area contributed by atoms with Crippen molar-refractivity contribution in [3.8, 4) is 0 Å². The van der Waals surface area contributed by atoms with Crippen LogP contribution in [0.2, 0.25) is 0 Å². The van der Waals surface area contributed by atoms with Crippen LogP contribution in [0.25, 0.3) is 0 Å². The molecule has 0 aliphatic heterocycles. The van der Waals surface area contributed by atoms with Crippen LogP contribution in [0.4, 0.5) is 5.69 Å². The van der Waals surface area contributed by atoms with Crippen LogP contribution in [-0.4, -0.2) is 22.5 Å². The number of pyridine rings is 1. The van der Waals surface area contributed by atoms with Crippen molar-refractivity contribution in [2.24, 2.45) is 0 Å². The minimum atomic E-state index is 0.626. The van der Waals surface area contributed by atoms with Crippen LogP contribution < -0.4 is 5.32 Å². The van der Waals surface area contributed by atoms with Gasteiger partial charge >= 0.3 is 0 Å². The molecule has 0 spiro atoms. The monoisotopic (exact) mass is 272 g/mol. The SMILES string of the molecule is CSC1CCC1Nc1cncc(Br)c1. The molecule has 2 nitrogen and oxygen atoms in total. The molecule has 2 unspecified atom stereocenters. The third kappa shape index (κ3) is 2.23. The van der Waals surface area contributed by atoms with Crippen molar-refractivity contribution >= 4 is 33.4 Å². The summed E-state index contributed by atoms with van der Waals surface area (Å²) in [5.74, 6) is 0. The van der Waals surface area contributed by atoms with Gasteiger partial charge in [-0.2, -0.15) is 11.8 Å². The molecule has 0 saturated heterocycles. The highest BCUT2D eigenvalue weighted by molar-refractivity contribution is 9.10. The maximum absolute atomic E-state index is 4.13. The third-order valence-corrected chi connectivity index (χ3v) is 4.17. The highest BCUT2D eigenvalue weighted by Crippen LogP contribution is 2.32. The molecule has 1 aromatic heterocycles. The Balaban J connectivity index is 1.97. The van der Waals surface area contributed by atoms with E-state index in [0.717, 1.165) is 15.4 Å². The second kappa shape index (κ2) is 4.53. The van der Waals surface area contributed by atoms with Crippen LogP contribution >= 0.6 is 27.7 Å². The van der Waals surface area contributed by atoms with E-state index in [9.17, 15) is 0 Å². The number of halogens is 1. The Hall–Kier alpha value is -0.220. The molecule has 2 atom stereocenters. The van der Waals surface area contributed by atoms with Gasteiger partial charge < -0.3 is 5.32 Å². The zero-order chi connectivity index (χ0) is 9.97. The van der Waals surface area contributed by atoms with Crippen molar-refractivity contribution in [3.05, 3.63) is 22.9 Å². The van der Waals surface area contributed by atoms with E-state index in [-0.39, 0.29) is 0 Å². The van der Waals surface area contributed by atoms with Gasteiger partial charge in [-0.05, 0) is 41.1 Å². The quantitative estimate of drug-likeness (QED) is 0.915. The number of anilines is 1. The molecule has 1 heterocycles. The molecule has 1 aliphatic carbocycles. The van der Waals surface area contributed by atoms with E-state index in [1.165, 1.54) is 12.8 Å². The van der Waals surface area contributed by atoms with Gasteiger partial charge in [0.25, 0.3) is 0 Å². The van der Waals surface area contributed by atoms with E-state index in [4.69, 9.17) is 0 Å². The minimum Gasteiger partial charge on any atom is -0.380 e. The van der Waals surface area contributed by atoms with Crippen molar-refractivity contribution in [1.82, 2.24) is 4.98 Å². The first-order valence-electron chi connectivity index (χ1n) is 4.69. The van der Waals surface area contributed by atoms with Crippen molar-refractivity contribution in [2.45, 2.75) is 24.1 Å². The molecule has 0 aromatic carbocycles. The average Bonchev–Trinajstić information content (AvgIpc) is 2.14. The van der Waals surface area contributed by atoms with E-state index < -0.39 is 0 Å². The van der Waals surface area contributed by atoms with Gasteiger partial charge in [0.1, 0.15) is 0 Å². The lowest BCUT2D eigenvalue weighted by Gasteiger charge is -2.36. The van der Waals surface area contributed by atoms with Crippen LogP contribution in [0.5, 0.6) is 0 Å². The molecule has 1 aromatic rings. The van der Waals surface area contributed by atoms with Crippen molar-refractivity contribution < 1.29 is 0 Å². The lowest BCUT2D eigenvalue weighted by Crippen LogP contribution is -2.40. The number of nitrogens with zero attached hydrogens (tertiary/aromatic N) is 1. The molecule has 1 saturated carbocycles. The molecule has 2 rings (SSSR count). The van der Waals surface area contributed by atoms with Crippen LogP contribution in [-0.2, 0) is 0 Å². The van der Waals surface area contributed by atoms with Gasteiger partial charge in [-0.1, -0.05) is 0 Å². The zero-order valence-corrected chi connectivity index (χ0v) is 10.4. The Labute approximate surface area is 97.0 Å². The fourth-order valence-corrected chi connectivity index (χ4v) is 2.89. The first kappa shape index (κ1) is 10.3. The summed E-state index contributed by atoms with van der Waals surface area (Å²) in [5, 5.41) is 4.28. The normalized spacial score (nSPS) is 25.6. The smallest absolute Gasteiger partial charge is 0.0540 e. The highest BCUT2D eigenvalue weighted by atomic mass is 79.9. The number of rotatable bonds is 3. The lowest BCUT2D eigenvalue weighted by atomic mass is 9.92. The second-order valence-electron chi connectivity index (χ2n) is 3.49. The predicted molar refractivity (Wildman–Crippen MR) is 65.9 cm³/mol. The molecule has 1 aliphatic rings. The number of hydrogen-bond acceptors (Lipinski definition) is 3. The summed E-state index contributed by atoms with van der Waals surface area (Å²) in [7, 11) is 0. The largest absolute Gasteiger partial charge is 0.380 e. The molecule has 0 radical (unpaired) electrons. The summed E-state index contributed by atoms with van der Waals surface area (Å²) in [6, 6.07) is 2.70. The van der Waals surface area contributed by atoms with Crippen LogP contribution in [0.3, 0.4) is 0 Å². The standard InChI is InChI=1S/C10H13BrN2S/c1-14-10-3-2-9(10)13-8-4-7(11)5-12-6-8/h4-6,9-10,13H,2-3H2,1H3. The van der Waals surface area contributed by atoms with E-state index in [1.54, 1.807) is 6.20 Å². The third-order valence-electron chi connectivity index (χ3n) is 2.57. The maximum atomic E-state index is 4.13. The van der Waals surface area contributed by atoms with Gasteiger partial charge in [-0.15, -0.1) is 0 Å². The van der Waals surface area contributed by atoms with Gasteiger partial charge in [-0.25, -0.2) is 0 Å². The lowest BCUT2D eigenvalue weighted by molar-refractivity contribution is 0.463. The summed E-state index contributed by atoms with van der Waals surface area (Å²) < 4.78 is 1.03. The number of nitrogens with one attached hydrogen (secondary N) is 1. The van der Waals surface area contributed by atoms with Crippen molar-refractivity contribution in [2.75, 3.05) is 11.6 Å². The van der Waals surface area contributed by atoms with E-state index in [1.807, 2.05) is 18.0 Å². The number of aromatic nitrogens is 1. The van der Waals surface area contributed by atoms with Gasteiger partial charge in [0.05, 0.1) is 11.9 Å². The average molecular weight is 273 g/mol. The van der Waals surface area contributed by atoms with Crippen molar-refractivity contribution in [1.29, 1.82) is 0 Å². The van der Waals surface area contributed by atoms with E-state index in [2.05, 4.69) is 38.6 Å². The molecular weight excluding hydrogens is 260 g/mol. The maximum Gasteiger partial charge on any atom is 0.0540 e. The Kier molecular flexibility index (Phi) is 3.34. The fraction of sp³-hybridized carbons (Fsp3) is 0.500. The second-order valence-corrected chi connectivity index (χ2v) is 5.49. The molecule has 1 fully saturated rings. The van der Waals surface area contributed by atoms with Gasteiger partial charge in [-0.3, -0.25) is 4.98 Å². The van der Waals surface area contributed by atoms with Gasteiger partial charge in [0, 0.05) is 22.0 Å². The Morgan fingerprint density at radius 3 is 2.93 bits per heavy atom. The highest BCUT2D eigenvalue weighted by Gasteiger charge is 2.29. The molecule has 0 amide bonds. The molecule has 4 heteroatoms.